The minimum Gasteiger partial charge on any atom is -0.377 e. The summed E-state index contributed by atoms with van der Waals surface area (Å²) in [5, 5.41) is 1.38. The highest BCUT2D eigenvalue weighted by atomic mass is 32.2. The highest BCUT2D eigenvalue weighted by Crippen LogP contribution is 2.26. The lowest BCUT2D eigenvalue weighted by Gasteiger charge is -2.22. The van der Waals surface area contributed by atoms with Gasteiger partial charge in [0, 0.05) is 12.4 Å². The lowest BCUT2D eigenvalue weighted by atomic mass is 10.1. The van der Waals surface area contributed by atoms with Crippen molar-refractivity contribution in [3.05, 3.63) is 64.4 Å². The Morgan fingerprint density at radius 1 is 1.15 bits per heavy atom. The van der Waals surface area contributed by atoms with Crippen LogP contribution in [0.2, 0.25) is 0 Å². The fraction of sp³-hybridized carbons (Fsp3) is 0.333. The molecular formula is C21H22N2O2S. The summed E-state index contributed by atoms with van der Waals surface area (Å²) in [6, 6.07) is 15.5. The summed E-state index contributed by atoms with van der Waals surface area (Å²) in [6.45, 7) is 2.86. The molecular weight excluding hydrogens is 344 g/mol. The van der Waals surface area contributed by atoms with Gasteiger partial charge in [0.1, 0.15) is 0 Å². The summed E-state index contributed by atoms with van der Waals surface area (Å²) in [6.07, 6.45) is 3.67. The molecule has 1 fully saturated rings. The number of para-hydroxylation sites is 2. The van der Waals surface area contributed by atoms with Crippen molar-refractivity contribution in [3.8, 4) is 5.69 Å². The Balaban J connectivity index is 1.80. The predicted octanol–water partition coefficient (Wildman–Crippen LogP) is 4.36. The molecule has 1 atom stereocenters. The van der Waals surface area contributed by atoms with Crippen LogP contribution in [0.15, 0.2) is 58.5 Å². The maximum absolute atomic E-state index is 13.2. The smallest absolute Gasteiger partial charge is 0.266 e. The molecule has 4 rings (SSSR count). The second-order valence-electron chi connectivity index (χ2n) is 6.64. The van der Waals surface area contributed by atoms with Gasteiger partial charge in [0.25, 0.3) is 5.56 Å². The van der Waals surface area contributed by atoms with Crippen molar-refractivity contribution < 1.29 is 4.74 Å². The zero-order valence-corrected chi connectivity index (χ0v) is 15.7. The van der Waals surface area contributed by atoms with Gasteiger partial charge in [0.15, 0.2) is 5.16 Å². The maximum Gasteiger partial charge on any atom is 0.266 e. The van der Waals surface area contributed by atoms with E-state index in [1.54, 1.807) is 16.3 Å². The first kappa shape index (κ1) is 17.3. The molecule has 0 spiro atoms. The van der Waals surface area contributed by atoms with E-state index in [1.165, 1.54) is 6.42 Å². The topological polar surface area (TPSA) is 44.1 Å². The minimum absolute atomic E-state index is 0.0167. The van der Waals surface area contributed by atoms with Gasteiger partial charge in [-0.1, -0.05) is 42.1 Å². The first-order chi connectivity index (χ1) is 12.7. The number of hydrogen-bond acceptors (Lipinski definition) is 4. The van der Waals surface area contributed by atoms with Gasteiger partial charge < -0.3 is 4.74 Å². The second kappa shape index (κ2) is 7.64. The van der Waals surface area contributed by atoms with Gasteiger partial charge in [-0.3, -0.25) is 9.36 Å². The molecule has 2 aromatic carbocycles. The van der Waals surface area contributed by atoms with Crippen LogP contribution >= 0.6 is 11.8 Å². The second-order valence-corrected chi connectivity index (χ2v) is 7.63. The van der Waals surface area contributed by atoms with Crippen LogP contribution in [0.3, 0.4) is 0 Å². The van der Waals surface area contributed by atoms with E-state index in [0.29, 0.717) is 5.39 Å². The summed E-state index contributed by atoms with van der Waals surface area (Å²) in [5.41, 5.74) is 2.68. The van der Waals surface area contributed by atoms with Crippen molar-refractivity contribution >= 4 is 22.7 Å². The van der Waals surface area contributed by atoms with Crippen molar-refractivity contribution in [3.63, 3.8) is 0 Å². The van der Waals surface area contributed by atoms with Gasteiger partial charge >= 0.3 is 0 Å². The zero-order chi connectivity index (χ0) is 17.9. The van der Waals surface area contributed by atoms with Gasteiger partial charge in [0.05, 0.1) is 22.7 Å². The normalized spacial score (nSPS) is 17.5. The standard InChI is InChI=1S/C21H22N2O2S/c1-15-8-2-5-12-19(15)23-20(24)17-10-3-4-11-18(17)22-21(23)26-14-16-9-6-7-13-25-16/h2-5,8,10-12,16H,6-7,9,13-14H2,1H3/t16-/m0/s1. The van der Waals surface area contributed by atoms with E-state index in [0.717, 1.165) is 47.1 Å². The third-order valence-corrected chi connectivity index (χ3v) is 5.84. The molecule has 3 aromatic rings. The van der Waals surface area contributed by atoms with Crippen molar-refractivity contribution in [1.29, 1.82) is 0 Å². The third-order valence-electron chi connectivity index (χ3n) is 4.77. The molecule has 0 aliphatic carbocycles. The molecule has 5 heteroatoms. The van der Waals surface area contributed by atoms with Crippen LogP contribution < -0.4 is 5.56 Å². The molecule has 1 aliphatic rings. The molecule has 0 bridgehead atoms. The molecule has 1 aliphatic heterocycles. The fourth-order valence-electron chi connectivity index (χ4n) is 3.34. The van der Waals surface area contributed by atoms with Crippen LogP contribution in [0.25, 0.3) is 16.6 Å². The van der Waals surface area contributed by atoms with Gasteiger partial charge in [-0.05, 0) is 49.9 Å². The fourth-order valence-corrected chi connectivity index (χ4v) is 4.41. The Labute approximate surface area is 157 Å². The number of hydrogen-bond donors (Lipinski definition) is 0. The summed E-state index contributed by atoms with van der Waals surface area (Å²) >= 11 is 1.61. The summed E-state index contributed by atoms with van der Waals surface area (Å²) in [4.78, 5) is 18.0. The monoisotopic (exact) mass is 366 g/mol. The maximum atomic E-state index is 13.2. The van der Waals surface area contributed by atoms with Gasteiger partial charge in [0.2, 0.25) is 0 Å². The minimum atomic E-state index is -0.0167. The van der Waals surface area contributed by atoms with E-state index in [4.69, 9.17) is 9.72 Å². The van der Waals surface area contributed by atoms with Crippen molar-refractivity contribution in [2.24, 2.45) is 0 Å². The number of fused-ring (bicyclic) bond motifs is 1. The van der Waals surface area contributed by atoms with E-state index in [9.17, 15) is 4.79 Å². The molecule has 134 valence electrons. The molecule has 1 saturated heterocycles. The van der Waals surface area contributed by atoms with Crippen molar-refractivity contribution in [2.75, 3.05) is 12.4 Å². The van der Waals surface area contributed by atoms with E-state index >= 15 is 0 Å². The number of benzene rings is 2. The Morgan fingerprint density at radius 2 is 1.96 bits per heavy atom. The van der Waals surface area contributed by atoms with E-state index in [2.05, 4.69) is 0 Å². The molecule has 0 saturated carbocycles. The molecule has 4 nitrogen and oxygen atoms in total. The van der Waals surface area contributed by atoms with Crippen LogP contribution in [-0.2, 0) is 4.74 Å². The third kappa shape index (κ3) is 3.41. The SMILES string of the molecule is Cc1ccccc1-n1c(SC[C@@H]2CCCCO2)nc2ccccc2c1=O. The van der Waals surface area contributed by atoms with Gasteiger partial charge in [-0.15, -0.1) is 0 Å². The number of aryl methyl sites for hydroxylation is 1. The molecule has 1 aromatic heterocycles. The van der Waals surface area contributed by atoms with Gasteiger partial charge in [-0.25, -0.2) is 4.98 Å². The average molecular weight is 366 g/mol. The van der Waals surface area contributed by atoms with Crippen molar-refractivity contribution in [1.82, 2.24) is 9.55 Å². The average Bonchev–Trinajstić information content (AvgIpc) is 2.68. The molecule has 26 heavy (non-hydrogen) atoms. The molecule has 0 unspecified atom stereocenters. The molecule has 0 N–H and O–H groups in total. The van der Waals surface area contributed by atoms with E-state index < -0.39 is 0 Å². The number of aromatic nitrogens is 2. The number of rotatable bonds is 4. The first-order valence-electron chi connectivity index (χ1n) is 9.06. The predicted molar refractivity (Wildman–Crippen MR) is 106 cm³/mol. The Bertz CT molecular complexity index is 977. The Hall–Kier alpha value is -2.11. The summed E-state index contributed by atoms with van der Waals surface area (Å²) in [7, 11) is 0. The van der Waals surface area contributed by atoms with Crippen LogP contribution in [0.4, 0.5) is 0 Å². The molecule has 0 amide bonds. The number of nitrogens with zero attached hydrogens (tertiary/aromatic N) is 2. The number of thioether (sulfide) groups is 1. The zero-order valence-electron chi connectivity index (χ0n) is 14.9. The lowest BCUT2D eigenvalue weighted by molar-refractivity contribution is 0.0315. The van der Waals surface area contributed by atoms with E-state index in [1.807, 2.05) is 55.5 Å². The van der Waals surface area contributed by atoms with Crippen LogP contribution in [0.5, 0.6) is 0 Å². The highest BCUT2D eigenvalue weighted by molar-refractivity contribution is 7.99. The van der Waals surface area contributed by atoms with Crippen LogP contribution in [0, 0.1) is 6.92 Å². The Kier molecular flexibility index (Phi) is 5.09. The number of ether oxygens (including phenoxy) is 1. The quantitative estimate of drug-likeness (QED) is 0.508. The van der Waals surface area contributed by atoms with E-state index in [-0.39, 0.29) is 11.7 Å². The van der Waals surface area contributed by atoms with Gasteiger partial charge in [-0.2, -0.15) is 0 Å². The summed E-state index contributed by atoms with van der Waals surface area (Å²) < 4.78 is 7.61. The van der Waals surface area contributed by atoms with Crippen LogP contribution in [-0.4, -0.2) is 28.0 Å². The van der Waals surface area contributed by atoms with Crippen LogP contribution in [0.1, 0.15) is 24.8 Å². The highest BCUT2D eigenvalue weighted by Gasteiger charge is 2.18. The summed E-state index contributed by atoms with van der Waals surface area (Å²) in [5.74, 6) is 0.816. The molecule has 0 radical (unpaired) electrons. The lowest BCUT2D eigenvalue weighted by Crippen LogP contribution is -2.25. The largest absolute Gasteiger partial charge is 0.377 e. The van der Waals surface area contributed by atoms with Crippen molar-refractivity contribution in [2.45, 2.75) is 37.4 Å². The molecule has 2 heterocycles. The Morgan fingerprint density at radius 3 is 2.77 bits per heavy atom. The first-order valence-corrected chi connectivity index (χ1v) is 10.0.